The van der Waals surface area contributed by atoms with Crippen LogP contribution in [0.3, 0.4) is 0 Å². The molecule has 4 heteroatoms. The second kappa shape index (κ2) is 6.14. The number of nitrogens with zero attached hydrogens (tertiary/aromatic N) is 1. The van der Waals surface area contributed by atoms with Crippen LogP contribution in [-0.2, 0) is 9.47 Å². The standard InChI is InChI=1S/C13H26N2O2/c1-14-9-13(5-7-16-11-13)10-15(2)8-12-4-3-6-17-12/h12,14H,3-11H2,1-2H3. The van der Waals surface area contributed by atoms with Crippen LogP contribution >= 0.6 is 0 Å². The zero-order valence-corrected chi connectivity index (χ0v) is 11.2. The smallest absolute Gasteiger partial charge is 0.0702 e. The molecule has 0 aromatic rings. The second-order valence-electron chi connectivity index (χ2n) is 5.66. The van der Waals surface area contributed by atoms with Crippen LogP contribution in [0.15, 0.2) is 0 Å². The normalized spacial score (nSPS) is 33.7. The topological polar surface area (TPSA) is 33.7 Å². The van der Waals surface area contributed by atoms with Crippen molar-refractivity contribution in [2.24, 2.45) is 5.41 Å². The first-order valence-electron chi connectivity index (χ1n) is 6.77. The van der Waals surface area contributed by atoms with Gasteiger partial charge in [0.1, 0.15) is 0 Å². The third kappa shape index (κ3) is 3.65. The summed E-state index contributed by atoms with van der Waals surface area (Å²) in [6.45, 7) is 5.96. The first-order chi connectivity index (χ1) is 8.24. The van der Waals surface area contributed by atoms with E-state index in [4.69, 9.17) is 9.47 Å². The van der Waals surface area contributed by atoms with Gasteiger partial charge in [-0.1, -0.05) is 0 Å². The molecule has 4 nitrogen and oxygen atoms in total. The Balaban J connectivity index is 1.80. The minimum Gasteiger partial charge on any atom is -0.381 e. The van der Waals surface area contributed by atoms with Gasteiger partial charge < -0.3 is 19.7 Å². The average Bonchev–Trinajstić information content (AvgIpc) is 2.90. The second-order valence-corrected chi connectivity index (χ2v) is 5.66. The Labute approximate surface area is 105 Å². The lowest BCUT2D eigenvalue weighted by molar-refractivity contribution is 0.0598. The molecule has 1 N–H and O–H groups in total. The van der Waals surface area contributed by atoms with E-state index in [2.05, 4.69) is 17.3 Å². The first-order valence-corrected chi connectivity index (χ1v) is 6.77. The van der Waals surface area contributed by atoms with Gasteiger partial charge in [-0.3, -0.25) is 0 Å². The highest BCUT2D eigenvalue weighted by Crippen LogP contribution is 2.29. The Morgan fingerprint density at radius 2 is 2.29 bits per heavy atom. The van der Waals surface area contributed by atoms with Gasteiger partial charge in [-0.15, -0.1) is 0 Å². The molecule has 2 aliphatic rings. The average molecular weight is 242 g/mol. The fourth-order valence-electron chi connectivity index (χ4n) is 3.12. The molecule has 2 fully saturated rings. The van der Waals surface area contributed by atoms with Crippen LogP contribution in [-0.4, -0.2) is 64.6 Å². The summed E-state index contributed by atoms with van der Waals surface area (Å²) < 4.78 is 11.3. The van der Waals surface area contributed by atoms with Gasteiger partial charge in [-0.25, -0.2) is 0 Å². The molecular formula is C13H26N2O2. The molecule has 0 aromatic heterocycles. The van der Waals surface area contributed by atoms with E-state index in [1.165, 1.54) is 19.3 Å². The number of hydrogen-bond acceptors (Lipinski definition) is 4. The highest BCUT2D eigenvalue weighted by molar-refractivity contribution is 4.88. The quantitative estimate of drug-likeness (QED) is 0.744. The summed E-state index contributed by atoms with van der Waals surface area (Å²) >= 11 is 0. The van der Waals surface area contributed by atoms with Gasteiger partial charge in [0.05, 0.1) is 12.7 Å². The van der Waals surface area contributed by atoms with Crippen molar-refractivity contribution in [3.63, 3.8) is 0 Å². The monoisotopic (exact) mass is 242 g/mol. The molecule has 0 spiro atoms. The maximum absolute atomic E-state index is 5.69. The highest BCUT2D eigenvalue weighted by atomic mass is 16.5. The summed E-state index contributed by atoms with van der Waals surface area (Å²) in [5, 5.41) is 3.31. The number of nitrogens with one attached hydrogen (secondary N) is 1. The van der Waals surface area contributed by atoms with E-state index >= 15 is 0 Å². The third-order valence-electron chi connectivity index (χ3n) is 3.88. The van der Waals surface area contributed by atoms with E-state index in [0.717, 1.165) is 39.5 Å². The number of likely N-dealkylation sites (N-methyl/N-ethyl adjacent to an activating group) is 1. The molecule has 2 unspecified atom stereocenters. The van der Waals surface area contributed by atoms with Crippen LogP contribution in [0.2, 0.25) is 0 Å². The summed E-state index contributed by atoms with van der Waals surface area (Å²) in [5.41, 5.74) is 0.308. The number of rotatable bonds is 6. The molecule has 0 aliphatic carbocycles. The van der Waals surface area contributed by atoms with Crippen LogP contribution < -0.4 is 5.32 Å². The molecular weight excluding hydrogens is 216 g/mol. The summed E-state index contributed by atoms with van der Waals surface area (Å²) in [6, 6.07) is 0. The summed E-state index contributed by atoms with van der Waals surface area (Å²) in [7, 11) is 4.23. The Hall–Kier alpha value is -0.160. The van der Waals surface area contributed by atoms with Crippen molar-refractivity contribution in [2.45, 2.75) is 25.4 Å². The maximum atomic E-state index is 5.69. The van der Waals surface area contributed by atoms with Gasteiger partial charge in [0.15, 0.2) is 0 Å². The highest BCUT2D eigenvalue weighted by Gasteiger charge is 2.35. The summed E-state index contributed by atoms with van der Waals surface area (Å²) in [5.74, 6) is 0. The third-order valence-corrected chi connectivity index (χ3v) is 3.88. The van der Waals surface area contributed by atoms with Crippen molar-refractivity contribution < 1.29 is 9.47 Å². The molecule has 0 bridgehead atoms. The summed E-state index contributed by atoms with van der Waals surface area (Å²) in [4.78, 5) is 2.42. The van der Waals surface area contributed by atoms with Crippen LogP contribution in [0.25, 0.3) is 0 Å². The molecule has 0 saturated carbocycles. The van der Waals surface area contributed by atoms with Crippen LogP contribution in [0.1, 0.15) is 19.3 Å². The minimum absolute atomic E-state index is 0.308. The van der Waals surface area contributed by atoms with Crippen molar-refractivity contribution in [2.75, 3.05) is 53.6 Å². The molecule has 0 amide bonds. The molecule has 2 rings (SSSR count). The molecule has 2 saturated heterocycles. The predicted octanol–water partition coefficient (Wildman–Crippen LogP) is 0.723. The largest absolute Gasteiger partial charge is 0.381 e. The van der Waals surface area contributed by atoms with Crippen molar-refractivity contribution >= 4 is 0 Å². The van der Waals surface area contributed by atoms with Crippen LogP contribution in [0, 0.1) is 5.41 Å². The SMILES string of the molecule is CNCC1(CN(C)CC2CCCO2)CCOC1. The van der Waals surface area contributed by atoms with Gasteiger partial charge in [-0.2, -0.15) is 0 Å². The molecule has 2 aliphatic heterocycles. The van der Waals surface area contributed by atoms with Crippen molar-refractivity contribution in [3.8, 4) is 0 Å². The van der Waals surface area contributed by atoms with Gasteiger partial charge in [0, 0.05) is 38.3 Å². The lowest BCUT2D eigenvalue weighted by Crippen LogP contribution is -2.44. The Morgan fingerprint density at radius 1 is 1.41 bits per heavy atom. The first kappa shape index (κ1) is 13.3. The van der Waals surface area contributed by atoms with E-state index < -0.39 is 0 Å². The van der Waals surface area contributed by atoms with Crippen LogP contribution in [0.4, 0.5) is 0 Å². The lowest BCUT2D eigenvalue weighted by atomic mass is 9.86. The van der Waals surface area contributed by atoms with Gasteiger partial charge in [0.25, 0.3) is 0 Å². The molecule has 2 heterocycles. The Bertz CT molecular complexity index is 223. The van der Waals surface area contributed by atoms with Crippen molar-refractivity contribution in [3.05, 3.63) is 0 Å². The van der Waals surface area contributed by atoms with E-state index in [-0.39, 0.29) is 0 Å². The summed E-state index contributed by atoms with van der Waals surface area (Å²) in [6.07, 6.45) is 4.07. The number of hydrogen-bond donors (Lipinski definition) is 1. The molecule has 2 atom stereocenters. The maximum Gasteiger partial charge on any atom is 0.0702 e. The van der Waals surface area contributed by atoms with Crippen LogP contribution in [0.5, 0.6) is 0 Å². The van der Waals surface area contributed by atoms with Gasteiger partial charge in [0.2, 0.25) is 0 Å². The Morgan fingerprint density at radius 3 is 2.88 bits per heavy atom. The minimum atomic E-state index is 0.308. The Kier molecular flexibility index (Phi) is 4.79. The van der Waals surface area contributed by atoms with E-state index in [9.17, 15) is 0 Å². The van der Waals surface area contributed by atoms with Crippen molar-refractivity contribution in [1.29, 1.82) is 0 Å². The van der Waals surface area contributed by atoms with Gasteiger partial charge >= 0.3 is 0 Å². The zero-order chi connectivity index (χ0) is 12.1. The zero-order valence-electron chi connectivity index (χ0n) is 11.2. The van der Waals surface area contributed by atoms with E-state index in [1.54, 1.807) is 0 Å². The van der Waals surface area contributed by atoms with E-state index in [0.29, 0.717) is 11.5 Å². The van der Waals surface area contributed by atoms with Gasteiger partial charge in [-0.05, 0) is 33.4 Å². The fraction of sp³-hybridized carbons (Fsp3) is 1.00. The van der Waals surface area contributed by atoms with Crippen molar-refractivity contribution in [1.82, 2.24) is 10.2 Å². The molecule has 100 valence electrons. The molecule has 0 aromatic carbocycles. The molecule has 17 heavy (non-hydrogen) atoms. The fourth-order valence-corrected chi connectivity index (χ4v) is 3.12. The predicted molar refractivity (Wildman–Crippen MR) is 68.3 cm³/mol. The lowest BCUT2D eigenvalue weighted by Gasteiger charge is -2.33. The molecule has 0 radical (unpaired) electrons. The number of ether oxygens (including phenoxy) is 2. The van der Waals surface area contributed by atoms with E-state index in [1.807, 2.05) is 7.05 Å².